The van der Waals surface area contributed by atoms with Gasteiger partial charge in [-0.25, -0.2) is 4.98 Å². The molecule has 1 aliphatic rings. The van der Waals surface area contributed by atoms with Crippen molar-refractivity contribution in [2.75, 3.05) is 7.05 Å². The molecule has 3 rings (SSSR count). The highest BCUT2D eigenvalue weighted by molar-refractivity contribution is 5.67. The standard InChI is InChI=1S/C16H21N3/c1-11-6-7-13(12(2)9-11)16-14-5-4-8-19(14)15(18-16)10-17-3/h6-7,9,17H,4-5,8,10H2,1-3H3. The zero-order chi connectivity index (χ0) is 13.4. The first kappa shape index (κ1) is 12.4. The maximum atomic E-state index is 4.88. The number of aryl methyl sites for hydroxylation is 2. The third-order valence-corrected chi connectivity index (χ3v) is 3.92. The van der Waals surface area contributed by atoms with Crippen molar-refractivity contribution in [2.45, 2.75) is 39.8 Å². The first-order valence-electron chi connectivity index (χ1n) is 7.01. The molecule has 2 aromatic rings. The molecule has 0 bridgehead atoms. The van der Waals surface area contributed by atoms with E-state index in [4.69, 9.17) is 4.98 Å². The maximum Gasteiger partial charge on any atom is 0.123 e. The summed E-state index contributed by atoms with van der Waals surface area (Å²) in [7, 11) is 1.98. The van der Waals surface area contributed by atoms with E-state index in [1.165, 1.54) is 40.3 Å². The molecule has 0 radical (unpaired) electrons. The van der Waals surface area contributed by atoms with E-state index < -0.39 is 0 Å². The minimum absolute atomic E-state index is 0.845. The molecule has 0 fully saturated rings. The van der Waals surface area contributed by atoms with Gasteiger partial charge < -0.3 is 9.88 Å². The van der Waals surface area contributed by atoms with Crippen LogP contribution >= 0.6 is 0 Å². The lowest BCUT2D eigenvalue weighted by Gasteiger charge is -2.05. The van der Waals surface area contributed by atoms with Crippen molar-refractivity contribution in [2.24, 2.45) is 0 Å². The van der Waals surface area contributed by atoms with Gasteiger partial charge in [-0.05, 0) is 39.3 Å². The predicted molar refractivity (Wildman–Crippen MR) is 78.2 cm³/mol. The Labute approximate surface area is 114 Å². The van der Waals surface area contributed by atoms with E-state index in [0.29, 0.717) is 0 Å². The molecular weight excluding hydrogens is 234 g/mol. The Hall–Kier alpha value is -1.61. The van der Waals surface area contributed by atoms with E-state index >= 15 is 0 Å². The molecule has 19 heavy (non-hydrogen) atoms. The van der Waals surface area contributed by atoms with Gasteiger partial charge in [0.2, 0.25) is 0 Å². The van der Waals surface area contributed by atoms with Crippen LogP contribution in [0, 0.1) is 13.8 Å². The molecule has 1 N–H and O–H groups in total. The van der Waals surface area contributed by atoms with Crippen LogP contribution in [-0.2, 0) is 19.5 Å². The number of nitrogens with zero attached hydrogens (tertiary/aromatic N) is 2. The molecule has 1 aliphatic heterocycles. The van der Waals surface area contributed by atoms with Gasteiger partial charge in [0.1, 0.15) is 5.82 Å². The van der Waals surface area contributed by atoms with Crippen molar-refractivity contribution in [3.63, 3.8) is 0 Å². The van der Waals surface area contributed by atoms with Gasteiger partial charge in [-0.1, -0.05) is 23.8 Å². The number of hydrogen-bond donors (Lipinski definition) is 1. The van der Waals surface area contributed by atoms with Crippen molar-refractivity contribution >= 4 is 0 Å². The van der Waals surface area contributed by atoms with Gasteiger partial charge in [0.05, 0.1) is 12.2 Å². The lowest BCUT2D eigenvalue weighted by molar-refractivity contribution is 0.653. The number of nitrogens with one attached hydrogen (secondary N) is 1. The van der Waals surface area contributed by atoms with Crippen molar-refractivity contribution in [1.82, 2.24) is 14.9 Å². The summed E-state index contributed by atoms with van der Waals surface area (Å²) in [5.74, 6) is 1.17. The Morgan fingerprint density at radius 3 is 2.89 bits per heavy atom. The topological polar surface area (TPSA) is 29.9 Å². The summed E-state index contributed by atoms with van der Waals surface area (Å²) in [6, 6.07) is 6.64. The molecule has 0 unspecified atom stereocenters. The molecule has 3 heteroatoms. The van der Waals surface area contributed by atoms with Crippen LogP contribution in [0.5, 0.6) is 0 Å². The van der Waals surface area contributed by atoms with Crippen LogP contribution in [0.15, 0.2) is 18.2 Å². The Morgan fingerprint density at radius 2 is 2.16 bits per heavy atom. The van der Waals surface area contributed by atoms with Crippen LogP contribution in [0.2, 0.25) is 0 Å². The highest BCUT2D eigenvalue weighted by Crippen LogP contribution is 2.31. The van der Waals surface area contributed by atoms with Crippen LogP contribution in [0.25, 0.3) is 11.3 Å². The molecule has 1 aromatic carbocycles. The highest BCUT2D eigenvalue weighted by atomic mass is 15.1. The van der Waals surface area contributed by atoms with Crippen LogP contribution < -0.4 is 5.32 Å². The summed E-state index contributed by atoms with van der Waals surface area (Å²) < 4.78 is 2.39. The Balaban J connectivity index is 2.12. The SMILES string of the molecule is CNCc1nc(-c2ccc(C)cc2C)c2n1CCC2. The number of fused-ring (bicyclic) bond motifs is 1. The summed E-state index contributed by atoms with van der Waals surface area (Å²) in [6.45, 7) is 6.28. The Kier molecular flexibility index (Phi) is 3.15. The summed E-state index contributed by atoms with van der Waals surface area (Å²) in [4.78, 5) is 4.88. The maximum absolute atomic E-state index is 4.88. The Morgan fingerprint density at radius 1 is 1.32 bits per heavy atom. The molecule has 0 spiro atoms. The predicted octanol–water partition coefficient (Wildman–Crippen LogP) is 2.83. The van der Waals surface area contributed by atoms with E-state index in [0.717, 1.165) is 19.5 Å². The van der Waals surface area contributed by atoms with E-state index in [1.807, 2.05) is 7.05 Å². The van der Waals surface area contributed by atoms with Crippen molar-refractivity contribution in [3.05, 3.63) is 40.8 Å². The van der Waals surface area contributed by atoms with Crippen LogP contribution in [0.3, 0.4) is 0 Å². The van der Waals surface area contributed by atoms with Crippen LogP contribution in [0.4, 0.5) is 0 Å². The van der Waals surface area contributed by atoms with E-state index in [-0.39, 0.29) is 0 Å². The fourth-order valence-electron chi connectivity index (χ4n) is 3.05. The zero-order valence-corrected chi connectivity index (χ0v) is 12.0. The van der Waals surface area contributed by atoms with E-state index in [2.05, 4.69) is 41.9 Å². The average Bonchev–Trinajstić information content (AvgIpc) is 2.94. The fourth-order valence-corrected chi connectivity index (χ4v) is 3.05. The van der Waals surface area contributed by atoms with Gasteiger partial charge in [0.25, 0.3) is 0 Å². The molecule has 0 saturated heterocycles. The summed E-state index contributed by atoms with van der Waals surface area (Å²) in [5.41, 5.74) is 6.53. The second-order valence-electron chi connectivity index (χ2n) is 5.43. The molecule has 0 saturated carbocycles. The van der Waals surface area contributed by atoms with E-state index in [1.54, 1.807) is 0 Å². The van der Waals surface area contributed by atoms with Crippen molar-refractivity contribution < 1.29 is 0 Å². The second-order valence-corrected chi connectivity index (χ2v) is 5.43. The quantitative estimate of drug-likeness (QED) is 0.914. The smallest absolute Gasteiger partial charge is 0.123 e. The van der Waals surface area contributed by atoms with Gasteiger partial charge in [0.15, 0.2) is 0 Å². The van der Waals surface area contributed by atoms with Crippen molar-refractivity contribution in [1.29, 1.82) is 0 Å². The van der Waals surface area contributed by atoms with Crippen LogP contribution in [-0.4, -0.2) is 16.6 Å². The van der Waals surface area contributed by atoms with Crippen LogP contribution in [0.1, 0.15) is 29.1 Å². The highest BCUT2D eigenvalue weighted by Gasteiger charge is 2.22. The normalized spacial score (nSPS) is 13.8. The molecule has 0 amide bonds. The largest absolute Gasteiger partial charge is 0.330 e. The number of rotatable bonds is 3. The first-order valence-corrected chi connectivity index (χ1v) is 7.01. The molecular formula is C16H21N3. The minimum Gasteiger partial charge on any atom is -0.330 e. The lowest BCUT2D eigenvalue weighted by atomic mass is 10.0. The van der Waals surface area contributed by atoms with Gasteiger partial charge >= 0.3 is 0 Å². The second kappa shape index (κ2) is 4.82. The first-order chi connectivity index (χ1) is 9.20. The summed E-state index contributed by atoms with van der Waals surface area (Å²) in [5, 5.41) is 3.22. The molecule has 2 heterocycles. The van der Waals surface area contributed by atoms with E-state index in [9.17, 15) is 0 Å². The summed E-state index contributed by atoms with van der Waals surface area (Å²) in [6.07, 6.45) is 2.39. The number of hydrogen-bond acceptors (Lipinski definition) is 2. The number of aromatic nitrogens is 2. The molecule has 100 valence electrons. The third kappa shape index (κ3) is 2.08. The third-order valence-electron chi connectivity index (χ3n) is 3.92. The minimum atomic E-state index is 0.845. The van der Waals surface area contributed by atoms with Gasteiger partial charge in [-0.3, -0.25) is 0 Å². The van der Waals surface area contributed by atoms with Gasteiger partial charge in [-0.15, -0.1) is 0 Å². The zero-order valence-electron chi connectivity index (χ0n) is 12.0. The number of benzene rings is 1. The fraction of sp³-hybridized carbons (Fsp3) is 0.438. The lowest BCUT2D eigenvalue weighted by Crippen LogP contribution is -2.11. The molecule has 1 aromatic heterocycles. The van der Waals surface area contributed by atoms with Gasteiger partial charge in [0, 0.05) is 17.8 Å². The Bertz CT molecular complexity index is 611. The monoisotopic (exact) mass is 255 g/mol. The molecule has 0 atom stereocenters. The van der Waals surface area contributed by atoms with Crippen molar-refractivity contribution in [3.8, 4) is 11.3 Å². The average molecular weight is 255 g/mol. The van der Waals surface area contributed by atoms with Gasteiger partial charge in [-0.2, -0.15) is 0 Å². The summed E-state index contributed by atoms with van der Waals surface area (Å²) >= 11 is 0. The number of imidazole rings is 1. The molecule has 3 nitrogen and oxygen atoms in total. The molecule has 0 aliphatic carbocycles.